The number of anilines is 1. The first-order valence-electron chi connectivity index (χ1n) is 11.2. The van der Waals surface area contributed by atoms with E-state index in [1.54, 1.807) is 31.4 Å². The number of nitriles is 1. The molecule has 3 rings (SSSR count). The van der Waals surface area contributed by atoms with E-state index in [9.17, 15) is 18.5 Å². The second kappa shape index (κ2) is 12.8. The Labute approximate surface area is 219 Å². The van der Waals surface area contributed by atoms with Gasteiger partial charge in [0.05, 0.1) is 25.6 Å². The van der Waals surface area contributed by atoms with Crippen molar-refractivity contribution in [3.05, 3.63) is 59.7 Å². The number of hydrogen-bond acceptors (Lipinski definition) is 10. The predicted octanol–water partition coefficient (Wildman–Crippen LogP) is 4.12. The monoisotopic (exact) mass is 542 g/mol. The van der Waals surface area contributed by atoms with Crippen molar-refractivity contribution >= 4 is 38.5 Å². The van der Waals surface area contributed by atoms with Crippen molar-refractivity contribution in [2.24, 2.45) is 0 Å². The summed E-state index contributed by atoms with van der Waals surface area (Å²) < 4.78 is 44.7. The normalized spacial score (nSPS) is 11.6. The molecule has 0 spiro atoms. The summed E-state index contributed by atoms with van der Waals surface area (Å²) in [5.74, 6) is 1.36. The van der Waals surface area contributed by atoms with Gasteiger partial charge in [-0.2, -0.15) is 14.6 Å². The Balaban J connectivity index is 1.51. The number of nitrogens with one attached hydrogen (secondary N) is 1. The van der Waals surface area contributed by atoms with Gasteiger partial charge in [0.25, 0.3) is 11.1 Å². The van der Waals surface area contributed by atoms with Crippen LogP contribution in [0.3, 0.4) is 0 Å². The first-order chi connectivity index (χ1) is 17.7. The van der Waals surface area contributed by atoms with E-state index in [1.807, 2.05) is 30.3 Å². The fourth-order valence-corrected chi connectivity index (χ4v) is 4.55. The van der Waals surface area contributed by atoms with Crippen LogP contribution in [0.25, 0.3) is 6.08 Å². The van der Waals surface area contributed by atoms with Crippen LogP contribution in [0.4, 0.5) is 5.13 Å². The van der Waals surface area contributed by atoms with Crippen molar-refractivity contribution in [2.45, 2.75) is 30.7 Å². The first-order valence-corrected chi connectivity index (χ1v) is 13.6. The summed E-state index contributed by atoms with van der Waals surface area (Å²) in [5.41, 5.74) is 0.438. The topological polar surface area (TPSA) is 140 Å². The third-order valence-corrected chi connectivity index (χ3v) is 7.61. The average molecular weight is 543 g/mol. The quantitative estimate of drug-likeness (QED) is 0.203. The van der Waals surface area contributed by atoms with E-state index < -0.39 is 21.0 Å². The van der Waals surface area contributed by atoms with E-state index in [-0.39, 0.29) is 15.9 Å². The van der Waals surface area contributed by atoms with Gasteiger partial charge in [-0.05, 0) is 49.8 Å². The second-order valence-corrected chi connectivity index (χ2v) is 11.0. The highest BCUT2D eigenvalue weighted by Crippen LogP contribution is 2.21. The van der Waals surface area contributed by atoms with Gasteiger partial charge in [-0.1, -0.05) is 18.2 Å². The molecule has 1 N–H and O–H groups in total. The van der Waals surface area contributed by atoms with Crippen LogP contribution < -0.4 is 19.5 Å². The zero-order chi connectivity index (χ0) is 26.8. The largest absolute Gasteiger partial charge is 0.497 e. The number of benzene rings is 2. The number of sulfone groups is 1. The van der Waals surface area contributed by atoms with Crippen molar-refractivity contribution in [1.82, 2.24) is 9.36 Å². The lowest BCUT2D eigenvalue weighted by atomic mass is 10.1. The van der Waals surface area contributed by atoms with Crippen LogP contribution in [0, 0.1) is 11.3 Å². The van der Waals surface area contributed by atoms with Gasteiger partial charge in [-0.3, -0.25) is 10.1 Å². The van der Waals surface area contributed by atoms with Crippen molar-refractivity contribution in [2.75, 3.05) is 25.6 Å². The molecule has 2 aromatic carbocycles. The first kappa shape index (κ1) is 27.6. The summed E-state index contributed by atoms with van der Waals surface area (Å²) in [6.45, 7) is 3.95. The third kappa shape index (κ3) is 7.77. The Morgan fingerprint density at radius 3 is 2.43 bits per heavy atom. The number of amides is 1. The molecule has 0 unspecified atom stereocenters. The molecule has 37 heavy (non-hydrogen) atoms. The van der Waals surface area contributed by atoms with Crippen molar-refractivity contribution in [1.29, 1.82) is 5.26 Å². The molecule has 1 amide bonds. The minimum absolute atomic E-state index is 0.00972. The molecule has 0 aliphatic rings. The van der Waals surface area contributed by atoms with Gasteiger partial charge in [-0.25, -0.2) is 8.42 Å². The number of ether oxygens (including phenoxy) is 3. The number of nitrogens with zero attached hydrogens (tertiary/aromatic N) is 3. The maximum Gasteiger partial charge on any atom is 0.268 e. The molecular weight excluding hydrogens is 516 g/mol. The van der Waals surface area contributed by atoms with Gasteiger partial charge in [0, 0.05) is 24.0 Å². The smallest absolute Gasteiger partial charge is 0.268 e. The Hall–Kier alpha value is -3.95. The molecule has 3 aromatic rings. The average Bonchev–Trinajstić information content (AvgIpc) is 3.37. The van der Waals surface area contributed by atoms with Crippen LogP contribution in [-0.2, 0) is 14.6 Å². The molecule has 194 valence electrons. The van der Waals surface area contributed by atoms with Gasteiger partial charge >= 0.3 is 0 Å². The molecule has 0 radical (unpaired) electrons. The SMILES string of the molecule is COc1cccc(OCCCOc2ccc(C=C(C#N)C(=O)Nc3nc(S(=O)(=O)C(C)C)ns3)cc2)c1. The summed E-state index contributed by atoms with van der Waals surface area (Å²) in [4.78, 5) is 16.4. The Bertz CT molecular complexity index is 1390. The van der Waals surface area contributed by atoms with E-state index in [4.69, 9.17) is 14.2 Å². The third-order valence-electron chi connectivity index (χ3n) is 4.93. The van der Waals surface area contributed by atoms with E-state index in [2.05, 4.69) is 14.7 Å². The lowest BCUT2D eigenvalue weighted by molar-refractivity contribution is -0.112. The number of aromatic nitrogens is 2. The number of carbonyl (C=O) groups excluding carboxylic acids is 1. The molecule has 1 aromatic heterocycles. The fourth-order valence-electron chi connectivity index (χ4n) is 2.86. The van der Waals surface area contributed by atoms with Crippen molar-refractivity contribution < 1.29 is 27.4 Å². The predicted molar refractivity (Wildman–Crippen MR) is 139 cm³/mol. The van der Waals surface area contributed by atoms with Crippen LogP contribution in [0.2, 0.25) is 0 Å². The highest BCUT2D eigenvalue weighted by molar-refractivity contribution is 7.91. The molecule has 0 saturated heterocycles. The maximum atomic E-state index is 12.5. The van der Waals surface area contributed by atoms with E-state index in [0.29, 0.717) is 30.9 Å². The van der Waals surface area contributed by atoms with Gasteiger partial charge in [0.1, 0.15) is 28.9 Å². The minimum atomic E-state index is -3.66. The number of methoxy groups -OCH3 is 1. The summed E-state index contributed by atoms with van der Waals surface area (Å²) in [7, 11) is -2.06. The summed E-state index contributed by atoms with van der Waals surface area (Å²) in [5, 5.41) is 10.8. The molecular formula is C25H26N4O6S2. The highest BCUT2D eigenvalue weighted by atomic mass is 32.2. The molecule has 1 heterocycles. The molecule has 0 aliphatic carbocycles. The molecule has 0 atom stereocenters. The number of carbonyl (C=O) groups is 1. The van der Waals surface area contributed by atoms with Gasteiger partial charge in [0.15, 0.2) is 0 Å². The minimum Gasteiger partial charge on any atom is -0.497 e. The van der Waals surface area contributed by atoms with E-state index >= 15 is 0 Å². The van der Waals surface area contributed by atoms with Gasteiger partial charge < -0.3 is 14.2 Å². The van der Waals surface area contributed by atoms with Crippen LogP contribution in [0.1, 0.15) is 25.8 Å². The Kier molecular flexibility index (Phi) is 9.59. The van der Waals surface area contributed by atoms with Crippen LogP contribution in [-0.4, -0.2) is 49.3 Å². The van der Waals surface area contributed by atoms with Crippen LogP contribution in [0.15, 0.2) is 59.3 Å². The standard InChI is InChI=1S/C25H26N4O6S2/c1-17(2)37(31,32)25-28-24(36-29-25)27-23(30)19(16-26)14-18-8-10-20(11-9-18)34-12-5-13-35-22-7-4-6-21(15-22)33-3/h4,6-11,14-15,17H,5,12-13H2,1-3H3,(H,27,28,29,30). The Morgan fingerprint density at radius 2 is 1.78 bits per heavy atom. The van der Waals surface area contributed by atoms with E-state index in [1.165, 1.54) is 19.9 Å². The molecule has 0 fully saturated rings. The lowest BCUT2D eigenvalue weighted by Crippen LogP contribution is -2.16. The summed E-state index contributed by atoms with van der Waals surface area (Å²) in [6, 6.07) is 16.1. The zero-order valence-corrected chi connectivity index (χ0v) is 22.1. The number of rotatable bonds is 12. The molecule has 10 nitrogen and oxygen atoms in total. The van der Waals surface area contributed by atoms with E-state index in [0.717, 1.165) is 23.0 Å². The van der Waals surface area contributed by atoms with Crippen LogP contribution in [0.5, 0.6) is 17.2 Å². The summed E-state index contributed by atoms with van der Waals surface area (Å²) >= 11 is 0.730. The molecule has 0 saturated carbocycles. The maximum absolute atomic E-state index is 12.5. The highest BCUT2D eigenvalue weighted by Gasteiger charge is 2.25. The molecule has 12 heteroatoms. The fraction of sp³-hybridized carbons (Fsp3) is 0.280. The summed E-state index contributed by atoms with van der Waals surface area (Å²) in [6.07, 6.45) is 2.08. The molecule has 0 aliphatic heterocycles. The van der Waals surface area contributed by atoms with Crippen LogP contribution >= 0.6 is 11.5 Å². The van der Waals surface area contributed by atoms with Crippen molar-refractivity contribution in [3.63, 3.8) is 0 Å². The Morgan fingerprint density at radius 1 is 1.11 bits per heavy atom. The van der Waals surface area contributed by atoms with Crippen molar-refractivity contribution in [3.8, 4) is 23.3 Å². The number of hydrogen-bond donors (Lipinski definition) is 1. The lowest BCUT2D eigenvalue weighted by Gasteiger charge is -2.09. The zero-order valence-electron chi connectivity index (χ0n) is 20.5. The second-order valence-electron chi connectivity index (χ2n) is 7.90. The van der Waals surface area contributed by atoms with Gasteiger partial charge in [0.2, 0.25) is 15.0 Å². The van der Waals surface area contributed by atoms with Gasteiger partial charge in [-0.15, -0.1) is 0 Å². The molecule has 0 bridgehead atoms.